The van der Waals surface area contributed by atoms with E-state index in [1.165, 1.54) is 12.1 Å². The van der Waals surface area contributed by atoms with Gasteiger partial charge in [0.15, 0.2) is 0 Å². The molecule has 25 heavy (non-hydrogen) atoms. The second kappa shape index (κ2) is 8.41. The lowest BCUT2D eigenvalue weighted by atomic mass is 10.2. The Morgan fingerprint density at radius 2 is 1.80 bits per heavy atom. The molecule has 2 rings (SSSR count). The fraction of sp³-hybridized carbons (Fsp3) is 0.278. The summed E-state index contributed by atoms with van der Waals surface area (Å²) in [6.45, 7) is 2.84. The minimum absolute atomic E-state index is 0.126. The Bertz CT molecular complexity index is 700. The second-order valence-corrected chi connectivity index (χ2v) is 5.26. The fourth-order valence-corrected chi connectivity index (χ4v) is 2.15. The van der Waals surface area contributed by atoms with Crippen LogP contribution in [0.3, 0.4) is 0 Å². The first-order chi connectivity index (χ1) is 11.9. The molecule has 4 nitrogen and oxygen atoms in total. The molecule has 0 fully saturated rings. The van der Waals surface area contributed by atoms with Crippen molar-refractivity contribution >= 4 is 17.3 Å². The van der Waals surface area contributed by atoms with Crippen LogP contribution in [0.4, 0.5) is 24.5 Å². The van der Waals surface area contributed by atoms with E-state index in [1.807, 2.05) is 31.2 Å². The zero-order valence-electron chi connectivity index (χ0n) is 13.7. The van der Waals surface area contributed by atoms with Crippen LogP contribution in [0.2, 0.25) is 0 Å². The van der Waals surface area contributed by atoms with E-state index < -0.39 is 11.7 Å². The summed E-state index contributed by atoms with van der Waals surface area (Å²) in [5, 5.41) is 5.54. The largest absolute Gasteiger partial charge is 0.494 e. The Morgan fingerprint density at radius 3 is 2.44 bits per heavy atom. The van der Waals surface area contributed by atoms with Crippen molar-refractivity contribution in [3.8, 4) is 5.75 Å². The number of benzene rings is 2. The van der Waals surface area contributed by atoms with Gasteiger partial charge in [0.1, 0.15) is 5.75 Å². The molecule has 0 atom stereocenters. The van der Waals surface area contributed by atoms with E-state index in [9.17, 15) is 18.0 Å². The standard InChI is InChI=1S/C18H19F3N2O2/c1-2-25-16-8-6-14(7-9-16)22-11-10-17(24)23-15-5-3-4-13(12-15)18(19,20)21/h3-9,12,22H,2,10-11H2,1H3,(H,23,24). The van der Waals surface area contributed by atoms with Gasteiger partial charge >= 0.3 is 6.18 Å². The van der Waals surface area contributed by atoms with E-state index in [1.54, 1.807) is 0 Å². The summed E-state index contributed by atoms with van der Waals surface area (Å²) in [7, 11) is 0. The number of halogens is 3. The number of hydrogen-bond acceptors (Lipinski definition) is 3. The van der Waals surface area contributed by atoms with Crippen molar-refractivity contribution < 1.29 is 22.7 Å². The third-order valence-electron chi connectivity index (χ3n) is 3.32. The Labute approximate surface area is 144 Å². The summed E-state index contributed by atoms with van der Waals surface area (Å²) in [6, 6.07) is 11.8. The van der Waals surface area contributed by atoms with Crippen LogP contribution in [0.5, 0.6) is 5.75 Å². The molecule has 0 aliphatic carbocycles. The number of alkyl halides is 3. The average molecular weight is 352 g/mol. The maximum absolute atomic E-state index is 12.6. The van der Waals surface area contributed by atoms with Gasteiger partial charge < -0.3 is 15.4 Å². The molecule has 0 bridgehead atoms. The van der Waals surface area contributed by atoms with Crippen LogP contribution in [0, 0.1) is 0 Å². The van der Waals surface area contributed by atoms with Crippen molar-refractivity contribution in [3.63, 3.8) is 0 Å². The summed E-state index contributed by atoms with van der Waals surface area (Å²) < 4.78 is 43.3. The van der Waals surface area contributed by atoms with Crippen LogP contribution in [0.15, 0.2) is 48.5 Å². The molecule has 0 unspecified atom stereocenters. The molecule has 0 heterocycles. The molecule has 0 spiro atoms. The molecule has 2 N–H and O–H groups in total. The first-order valence-electron chi connectivity index (χ1n) is 7.82. The Kier molecular flexibility index (Phi) is 6.27. The number of anilines is 2. The highest BCUT2D eigenvalue weighted by atomic mass is 19.4. The van der Waals surface area contributed by atoms with Crippen molar-refractivity contribution in [3.05, 3.63) is 54.1 Å². The number of rotatable bonds is 7. The van der Waals surface area contributed by atoms with E-state index >= 15 is 0 Å². The molecular weight excluding hydrogens is 333 g/mol. The minimum atomic E-state index is -4.43. The lowest BCUT2D eigenvalue weighted by molar-refractivity contribution is -0.137. The predicted molar refractivity (Wildman–Crippen MR) is 90.8 cm³/mol. The SMILES string of the molecule is CCOc1ccc(NCCC(=O)Nc2cccc(C(F)(F)F)c2)cc1. The van der Waals surface area contributed by atoms with Gasteiger partial charge in [0, 0.05) is 24.3 Å². The van der Waals surface area contributed by atoms with Crippen LogP contribution < -0.4 is 15.4 Å². The molecule has 0 aliphatic heterocycles. The summed E-state index contributed by atoms with van der Waals surface area (Å²) in [6.07, 6.45) is -4.31. The fourth-order valence-electron chi connectivity index (χ4n) is 2.15. The van der Waals surface area contributed by atoms with Gasteiger partial charge in [0.05, 0.1) is 12.2 Å². The van der Waals surface area contributed by atoms with Gasteiger partial charge in [-0.25, -0.2) is 0 Å². The van der Waals surface area contributed by atoms with Crippen LogP contribution in [0.25, 0.3) is 0 Å². The molecule has 0 saturated carbocycles. The predicted octanol–water partition coefficient (Wildman–Crippen LogP) is 4.54. The maximum atomic E-state index is 12.6. The molecule has 0 radical (unpaired) electrons. The highest BCUT2D eigenvalue weighted by molar-refractivity contribution is 5.91. The summed E-state index contributed by atoms with van der Waals surface area (Å²) in [4.78, 5) is 11.9. The Morgan fingerprint density at radius 1 is 1.08 bits per heavy atom. The highest BCUT2D eigenvalue weighted by Crippen LogP contribution is 2.30. The average Bonchev–Trinajstić information content (AvgIpc) is 2.56. The smallest absolute Gasteiger partial charge is 0.416 e. The summed E-state index contributed by atoms with van der Waals surface area (Å²) in [5.74, 6) is 0.396. The number of carbonyl (C=O) groups excluding carboxylic acids is 1. The maximum Gasteiger partial charge on any atom is 0.416 e. The third-order valence-corrected chi connectivity index (χ3v) is 3.32. The van der Waals surface area contributed by atoms with Gasteiger partial charge in [0.2, 0.25) is 5.91 Å². The van der Waals surface area contributed by atoms with Gasteiger partial charge in [-0.15, -0.1) is 0 Å². The van der Waals surface area contributed by atoms with Crippen molar-refractivity contribution in [2.75, 3.05) is 23.8 Å². The van der Waals surface area contributed by atoms with Crippen LogP contribution in [-0.4, -0.2) is 19.1 Å². The molecule has 2 aromatic rings. The van der Waals surface area contributed by atoms with Crippen LogP contribution >= 0.6 is 0 Å². The number of hydrogen-bond donors (Lipinski definition) is 2. The van der Waals surface area contributed by atoms with E-state index in [0.717, 1.165) is 23.6 Å². The van der Waals surface area contributed by atoms with Gasteiger partial charge in [-0.2, -0.15) is 13.2 Å². The molecular formula is C18H19F3N2O2. The third kappa shape index (κ3) is 6.02. The highest BCUT2D eigenvalue weighted by Gasteiger charge is 2.30. The molecule has 2 aromatic carbocycles. The minimum Gasteiger partial charge on any atom is -0.494 e. The first kappa shape index (κ1) is 18.6. The lowest BCUT2D eigenvalue weighted by Crippen LogP contribution is -2.16. The molecule has 7 heteroatoms. The number of nitrogens with one attached hydrogen (secondary N) is 2. The van der Waals surface area contributed by atoms with E-state index in [0.29, 0.717) is 13.2 Å². The molecule has 1 amide bonds. The van der Waals surface area contributed by atoms with Gasteiger partial charge in [-0.1, -0.05) is 6.07 Å². The number of amides is 1. The quantitative estimate of drug-likeness (QED) is 0.769. The van der Waals surface area contributed by atoms with Crippen molar-refractivity contribution in [1.82, 2.24) is 0 Å². The van der Waals surface area contributed by atoms with E-state index in [-0.39, 0.29) is 18.0 Å². The summed E-state index contributed by atoms with van der Waals surface area (Å²) >= 11 is 0. The van der Waals surface area contributed by atoms with Gasteiger partial charge in [-0.05, 0) is 49.4 Å². The van der Waals surface area contributed by atoms with E-state index in [4.69, 9.17) is 4.74 Å². The Balaban J connectivity index is 1.81. The molecule has 134 valence electrons. The molecule has 0 saturated heterocycles. The number of carbonyl (C=O) groups is 1. The zero-order valence-corrected chi connectivity index (χ0v) is 13.7. The van der Waals surface area contributed by atoms with Crippen molar-refractivity contribution in [2.45, 2.75) is 19.5 Å². The lowest BCUT2D eigenvalue weighted by Gasteiger charge is -2.11. The zero-order chi connectivity index (χ0) is 18.3. The Hall–Kier alpha value is -2.70. The normalized spacial score (nSPS) is 11.0. The van der Waals surface area contributed by atoms with Crippen molar-refractivity contribution in [1.29, 1.82) is 0 Å². The molecule has 0 aliphatic rings. The first-order valence-corrected chi connectivity index (χ1v) is 7.82. The topological polar surface area (TPSA) is 50.4 Å². The second-order valence-electron chi connectivity index (χ2n) is 5.26. The van der Waals surface area contributed by atoms with E-state index in [2.05, 4.69) is 10.6 Å². The van der Waals surface area contributed by atoms with Crippen molar-refractivity contribution in [2.24, 2.45) is 0 Å². The van der Waals surface area contributed by atoms with Crippen LogP contribution in [0.1, 0.15) is 18.9 Å². The number of ether oxygens (including phenoxy) is 1. The van der Waals surface area contributed by atoms with Crippen LogP contribution in [-0.2, 0) is 11.0 Å². The molecule has 0 aromatic heterocycles. The van der Waals surface area contributed by atoms with Gasteiger partial charge in [-0.3, -0.25) is 4.79 Å². The van der Waals surface area contributed by atoms with Gasteiger partial charge in [0.25, 0.3) is 0 Å². The summed E-state index contributed by atoms with van der Waals surface area (Å²) in [5.41, 5.74) is 0.161. The monoisotopic (exact) mass is 352 g/mol.